The Balaban J connectivity index is 1.67. The number of halogens is 1. The molecule has 1 aliphatic heterocycles. The maximum atomic E-state index is 13.0. The number of hydrogen-bond donors (Lipinski definition) is 1. The van der Waals surface area contributed by atoms with Gasteiger partial charge in [0, 0.05) is 17.9 Å². The second-order valence-electron chi connectivity index (χ2n) is 5.47. The van der Waals surface area contributed by atoms with Gasteiger partial charge in [0.1, 0.15) is 5.82 Å². The first kappa shape index (κ1) is 16.1. The Kier molecular flexibility index (Phi) is 5.05. The lowest BCUT2D eigenvalue weighted by atomic mass is 10.1. The molecule has 1 unspecified atom stereocenters. The molecule has 1 N–H and O–H groups in total. The fourth-order valence-electron chi connectivity index (χ4n) is 2.46. The molecular weight excluding hydrogens is 317 g/mol. The third-order valence-electron chi connectivity index (χ3n) is 3.67. The first-order valence-corrected chi connectivity index (χ1v) is 8.39. The van der Waals surface area contributed by atoms with E-state index >= 15 is 0 Å². The van der Waals surface area contributed by atoms with Gasteiger partial charge in [-0.1, -0.05) is 12.1 Å². The first-order valence-electron chi connectivity index (χ1n) is 7.57. The summed E-state index contributed by atoms with van der Waals surface area (Å²) in [6.45, 7) is 2.59. The number of carbonyl (C=O) groups excluding carboxylic acids is 1. The summed E-state index contributed by atoms with van der Waals surface area (Å²) in [7, 11) is 0. The van der Waals surface area contributed by atoms with Crippen LogP contribution in [-0.2, 0) is 9.57 Å². The number of rotatable bonds is 4. The SMILES string of the molecule is Cc1cc(C(=O)NOC2CCCCO2)sc1-c1ccc(F)cc1. The third-order valence-corrected chi connectivity index (χ3v) is 4.95. The standard InChI is InChI=1S/C17H18FNO3S/c1-11-10-14(17(20)19-22-15-4-2-3-9-21-15)23-16(11)12-5-7-13(18)8-6-12/h5-8,10,15H,2-4,9H2,1H3,(H,19,20). The van der Waals surface area contributed by atoms with Crippen molar-refractivity contribution < 1.29 is 18.8 Å². The van der Waals surface area contributed by atoms with E-state index in [1.54, 1.807) is 12.1 Å². The summed E-state index contributed by atoms with van der Waals surface area (Å²) >= 11 is 1.36. The number of hydroxylamine groups is 1. The highest BCUT2D eigenvalue weighted by Crippen LogP contribution is 2.32. The lowest BCUT2D eigenvalue weighted by Gasteiger charge is -2.21. The highest BCUT2D eigenvalue weighted by molar-refractivity contribution is 7.17. The molecule has 1 aromatic carbocycles. The van der Waals surface area contributed by atoms with Gasteiger partial charge in [-0.3, -0.25) is 4.79 Å². The van der Waals surface area contributed by atoms with E-state index in [4.69, 9.17) is 9.57 Å². The molecule has 1 aliphatic rings. The first-order chi connectivity index (χ1) is 11.1. The Bertz CT molecular complexity index is 678. The molecule has 0 aliphatic carbocycles. The second-order valence-corrected chi connectivity index (χ2v) is 6.53. The molecule has 122 valence electrons. The lowest BCUT2D eigenvalue weighted by Crippen LogP contribution is -2.32. The molecule has 1 atom stereocenters. The van der Waals surface area contributed by atoms with Gasteiger partial charge >= 0.3 is 0 Å². The number of ether oxygens (including phenoxy) is 1. The fraction of sp³-hybridized carbons (Fsp3) is 0.353. The van der Waals surface area contributed by atoms with Crippen LogP contribution in [0.15, 0.2) is 30.3 Å². The summed E-state index contributed by atoms with van der Waals surface area (Å²) in [5.41, 5.74) is 4.32. The van der Waals surface area contributed by atoms with Gasteiger partial charge in [-0.05, 0) is 49.1 Å². The molecule has 0 radical (unpaired) electrons. The highest BCUT2D eigenvalue weighted by Gasteiger charge is 2.18. The summed E-state index contributed by atoms with van der Waals surface area (Å²) in [5, 5.41) is 0. The highest BCUT2D eigenvalue weighted by atomic mass is 32.1. The zero-order chi connectivity index (χ0) is 16.2. The van der Waals surface area contributed by atoms with Crippen molar-refractivity contribution in [2.45, 2.75) is 32.5 Å². The van der Waals surface area contributed by atoms with E-state index in [0.29, 0.717) is 11.5 Å². The van der Waals surface area contributed by atoms with Crippen molar-refractivity contribution in [2.75, 3.05) is 6.61 Å². The number of aryl methyl sites for hydroxylation is 1. The minimum Gasteiger partial charge on any atom is -0.350 e. The van der Waals surface area contributed by atoms with Gasteiger partial charge in [0.25, 0.3) is 5.91 Å². The van der Waals surface area contributed by atoms with Crippen LogP contribution in [0.1, 0.15) is 34.5 Å². The molecule has 2 aromatic rings. The summed E-state index contributed by atoms with van der Waals surface area (Å²) < 4.78 is 18.4. The molecule has 1 saturated heterocycles. The smallest absolute Gasteiger partial charge is 0.285 e. The molecule has 0 bridgehead atoms. The zero-order valence-electron chi connectivity index (χ0n) is 12.8. The number of nitrogens with one attached hydrogen (secondary N) is 1. The molecule has 1 fully saturated rings. The van der Waals surface area contributed by atoms with Crippen molar-refractivity contribution >= 4 is 17.2 Å². The number of benzene rings is 1. The molecular formula is C17H18FNO3S. The van der Waals surface area contributed by atoms with E-state index in [1.165, 1.54) is 23.5 Å². The van der Waals surface area contributed by atoms with Crippen LogP contribution in [0.3, 0.4) is 0 Å². The van der Waals surface area contributed by atoms with Crippen molar-refractivity contribution in [2.24, 2.45) is 0 Å². The van der Waals surface area contributed by atoms with Gasteiger partial charge in [-0.15, -0.1) is 11.3 Å². The van der Waals surface area contributed by atoms with Crippen molar-refractivity contribution in [3.8, 4) is 10.4 Å². The molecule has 4 nitrogen and oxygen atoms in total. The minimum atomic E-state index is -0.370. The summed E-state index contributed by atoms with van der Waals surface area (Å²) in [4.78, 5) is 19.0. The van der Waals surface area contributed by atoms with Gasteiger partial charge in [-0.2, -0.15) is 0 Å². The average molecular weight is 335 g/mol. The van der Waals surface area contributed by atoms with E-state index < -0.39 is 0 Å². The minimum absolute atomic E-state index is 0.276. The number of amides is 1. The van der Waals surface area contributed by atoms with Gasteiger partial charge in [0.15, 0.2) is 6.29 Å². The molecule has 2 heterocycles. The molecule has 0 spiro atoms. The Hall–Kier alpha value is -1.76. The predicted molar refractivity (Wildman–Crippen MR) is 86.6 cm³/mol. The van der Waals surface area contributed by atoms with E-state index in [9.17, 15) is 9.18 Å². The van der Waals surface area contributed by atoms with Crippen LogP contribution in [0, 0.1) is 12.7 Å². The Morgan fingerprint density at radius 3 is 2.83 bits per heavy atom. The van der Waals surface area contributed by atoms with Crippen molar-refractivity contribution in [3.05, 3.63) is 46.6 Å². The van der Waals surface area contributed by atoms with Gasteiger partial charge in [-0.25, -0.2) is 14.7 Å². The predicted octanol–water partition coefficient (Wildman–Crippen LogP) is 4.05. The Labute approximate surface area is 138 Å². The van der Waals surface area contributed by atoms with E-state index in [-0.39, 0.29) is 18.0 Å². The van der Waals surface area contributed by atoms with Crippen molar-refractivity contribution in [1.29, 1.82) is 0 Å². The molecule has 0 saturated carbocycles. The monoisotopic (exact) mass is 335 g/mol. The summed E-state index contributed by atoms with van der Waals surface area (Å²) in [6.07, 6.45) is 2.47. The number of thiophene rings is 1. The largest absolute Gasteiger partial charge is 0.350 e. The lowest BCUT2D eigenvalue weighted by molar-refractivity contribution is -0.186. The average Bonchev–Trinajstić information content (AvgIpc) is 2.96. The van der Waals surface area contributed by atoms with E-state index in [1.807, 2.05) is 13.0 Å². The van der Waals surface area contributed by atoms with Crippen LogP contribution in [0.2, 0.25) is 0 Å². The van der Waals surface area contributed by atoms with Crippen molar-refractivity contribution in [1.82, 2.24) is 5.48 Å². The quantitative estimate of drug-likeness (QED) is 0.858. The normalized spacial score (nSPS) is 17.9. The fourth-order valence-corrected chi connectivity index (χ4v) is 3.52. The Morgan fingerprint density at radius 1 is 1.35 bits per heavy atom. The summed E-state index contributed by atoms with van der Waals surface area (Å²) in [5.74, 6) is -0.567. The van der Waals surface area contributed by atoms with Crippen LogP contribution in [-0.4, -0.2) is 18.8 Å². The topological polar surface area (TPSA) is 47.6 Å². The zero-order valence-corrected chi connectivity index (χ0v) is 13.6. The van der Waals surface area contributed by atoms with Crippen LogP contribution in [0.5, 0.6) is 0 Å². The second kappa shape index (κ2) is 7.21. The van der Waals surface area contributed by atoms with Gasteiger partial charge < -0.3 is 4.74 Å². The molecule has 6 heteroatoms. The van der Waals surface area contributed by atoms with Gasteiger partial charge in [0.05, 0.1) is 4.88 Å². The molecule has 1 aromatic heterocycles. The molecule has 23 heavy (non-hydrogen) atoms. The third kappa shape index (κ3) is 3.96. The van der Waals surface area contributed by atoms with Gasteiger partial charge in [0.2, 0.25) is 0 Å². The molecule has 1 amide bonds. The van der Waals surface area contributed by atoms with Crippen LogP contribution in [0.4, 0.5) is 4.39 Å². The molecule has 3 rings (SSSR count). The number of carbonyl (C=O) groups is 1. The Morgan fingerprint density at radius 2 is 2.13 bits per heavy atom. The van der Waals surface area contributed by atoms with E-state index in [0.717, 1.165) is 35.3 Å². The number of hydrogen-bond acceptors (Lipinski definition) is 4. The van der Waals surface area contributed by atoms with Crippen LogP contribution in [0.25, 0.3) is 10.4 Å². The van der Waals surface area contributed by atoms with E-state index in [2.05, 4.69) is 5.48 Å². The van der Waals surface area contributed by atoms with Crippen LogP contribution < -0.4 is 5.48 Å². The maximum Gasteiger partial charge on any atom is 0.285 e. The summed E-state index contributed by atoms with van der Waals surface area (Å²) in [6, 6.07) is 8.06. The van der Waals surface area contributed by atoms with Crippen molar-refractivity contribution in [3.63, 3.8) is 0 Å². The van der Waals surface area contributed by atoms with Crippen LogP contribution >= 0.6 is 11.3 Å². The maximum absolute atomic E-state index is 13.0.